The molecule has 2 N–H and O–H groups in total. The van der Waals surface area contributed by atoms with Gasteiger partial charge >= 0.3 is 5.97 Å². The summed E-state index contributed by atoms with van der Waals surface area (Å²) in [5, 5.41) is 7.15. The Hall–Kier alpha value is -2.67. The molecule has 126 valence electrons. The fraction of sp³-hybridized carbons (Fsp3) is 0.235. The highest BCUT2D eigenvalue weighted by molar-refractivity contribution is 7.12. The van der Waals surface area contributed by atoms with Crippen LogP contribution in [0.1, 0.15) is 32.9 Å². The van der Waals surface area contributed by atoms with E-state index in [1.54, 1.807) is 35.7 Å². The number of ether oxygens (including phenoxy) is 1. The fourth-order valence-electron chi connectivity index (χ4n) is 2.01. The van der Waals surface area contributed by atoms with Gasteiger partial charge in [0.2, 0.25) is 5.91 Å². The van der Waals surface area contributed by atoms with E-state index >= 15 is 0 Å². The second kappa shape index (κ2) is 8.83. The molecule has 24 heavy (non-hydrogen) atoms. The average molecular weight is 346 g/mol. The number of anilines is 1. The maximum atomic E-state index is 11.9. The third-order valence-corrected chi connectivity index (χ3v) is 4.11. The molecule has 0 aliphatic rings. The van der Waals surface area contributed by atoms with Gasteiger partial charge in [-0.2, -0.15) is 0 Å². The first-order valence-electron chi connectivity index (χ1n) is 7.40. The Kier molecular flexibility index (Phi) is 6.51. The topological polar surface area (TPSA) is 84.5 Å². The van der Waals surface area contributed by atoms with Crippen LogP contribution in [0.3, 0.4) is 0 Å². The third kappa shape index (κ3) is 4.92. The Morgan fingerprint density at radius 1 is 1.12 bits per heavy atom. The second-order valence-electron chi connectivity index (χ2n) is 4.93. The van der Waals surface area contributed by atoms with Crippen molar-refractivity contribution in [2.75, 3.05) is 19.0 Å². The highest BCUT2D eigenvalue weighted by atomic mass is 32.1. The Bertz CT molecular complexity index is 712. The molecule has 0 aliphatic heterocycles. The van der Waals surface area contributed by atoms with Gasteiger partial charge in [-0.15, -0.1) is 11.3 Å². The predicted octanol–water partition coefficient (Wildman–Crippen LogP) is 2.68. The Morgan fingerprint density at radius 2 is 1.88 bits per heavy atom. The van der Waals surface area contributed by atoms with Crippen molar-refractivity contribution in [3.8, 4) is 0 Å². The zero-order valence-electron chi connectivity index (χ0n) is 13.2. The van der Waals surface area contributed by atoms with Gasteiger partial charge in [0.25, 0.3) is 5.91 Å². The molecule has 0 aliphatic carbocycles. The van der Waals surface area contributed by atoms with Crippen molar-refractivity contribution in [3.63, 3.8) is 0 Å². The molecule has 1 heterocycles. The molecule has 2 aromatic rings. The summed E-state index contributed by atoms with van der Waals surface area (Å²) in [7, 11) is 1.29. The van der Waals surface area contributed by atoms with Crippen LogP contribution in [0.5, 0.6) is 0 Å². The van der Waals surface area contributed by atoms with E-state index in [1.165, 1.54) is 18.4 Å². The third-order valence-electron chi connectivity index (χ3n) is 3.21. The van der Waals surface area contributed by atoms with E-state index in [0.29, 0.717) is 29.1 Å². The number of carbonyl (C=O) groups is 3. The quantitative estimate of drug-likeness (QED) is 0.596. The summed E-state index contributed by atoms with van der Waals surface area (Å²) in [5.74, 6) is -0.857. The smallest absolute Gasteiger partial charge is 0.350 e. The normalized spacial score (nSPS) is 10.0. The Morgan fingerprint density at radius 3 is 2.58 bits per heavy atom. The average Bonchev–Trinajstić information content (AvgIpc) is 3.06. The number of methoxy groups -OCH3 is 1. The number of rotatable bonds is 7. The minimum atomic E-state index is -0.476. The van der Waals surface area contributed by atoms with Crippen LogP contribution in [-0.4, -0.2) is 31.4 Å². The lowest BCUT2D eigenvalue weighted by atomic mass is 10.2. The van der Waals surface area contributed by atoms with Crippen LogP contribution in [0.4, 0.5) is 5.69 Å². The summed E-state index contributed by atoms with van der Waals surface area (Å²) in [6.07, 6.45) is 0.744. The Labute approximate surface area is 143 Å². The fourth-order valence-corrected chi connectivity index (χ4v) is 2.78. The molecular formula is C17H18N2O4S. The number of amides is 2. The SMILES string of the molecule is COC(=O)c1sccc1NC(=O)CCCNC(=O)c1ccccc1. The number of nitrogens with one attached hydrogen (secondary N) is 2. The first kappa shape index (κ1) is 17.7. The van der Waals surface area contributed by atoms with E-state index in [-0.39, 0.29) is 18.2 Å². The van der Waals surface area contributed by atoms with Gasteiger partial charge in [-0.3, -0.25) is 9.59 Å². The van der Waals surface area contributed by atoms with E-state index in [0.717, 1.165) is 0 Å². The van der Waals surface area contributed by atoms with Crippen LogP contribution in [0, 0.1) is 0 Å². The summed E-state index contributed by atoms with van der Waals surface area (Å²) in [6.45, 7) is 0.397. The highest BCUT2D eigenvalue weighted by Gasteiger charge is 2.15. The molecule has 7 heteroatoms. The van der Waals surface area contributed by atoms with Crippen molar-refractivity contribution in [1.82, 2.24) is 5.32 Å². The van der Waals surface area contributed by atoms with Gasteiger partial charge in [0, 0.05) is 18.5 Å². The van der Waals surface area contributed by atoms with Gasteiger partial charge < -0.3 is 15.4 Å². The molecule has 0 saturated carbocycles. The van der Waals surface area contributed by atoms with E-state index in [4.69, 9.17) is 0 Å². The van der Waals surface area contributed by atoms with Crippen LogP contribution < -0.4 is 10.6 Å². The van der Waals surface area contributed by atoms with Gasteiger partial charge in [-0.25, -0.2) is 4.79 Å². The first-order chi connectivity index (χ1) is 11.6. The van der Waals surface area contributed by atoms with Crippen molar-refractivity contribution >= 4 is 34.8 Å². The number of thiophene rings is 1. The summed E-state index contributed by atoms with van der Waals surface area (Å²) >= 11 is 1.21. The maximum Gasteiger partial charge on any atom is 0.350 e. The van der Waals surface area contributed by atoms with Crippen LogP contribution in [0.2, 0.25) is 0 Å². The minimum absolute atomic E-state index is 0.165. The molecular weight excluding hydrogens is 328 g/mol. The number of benzene rings is 1. The second-order valence-corrected chi connectivity index (χ2v) is 5.84. The van der Waals surface area contributed by atoms with Crippen molar-refractivity contribution in [1.29, 1.82) is 0 Å². The van der Waals surface area contributed by atoms with Gasteiger partial charge in [0.15, 0.2) is 0 Å². The zero-order chi connectivity index (χ0) is 17.4. The van der Waals surface area contributed by atoms with E-state index in [9.17, 15) is 14.4 Å². The van der Waals surface area contributed by atoms with Crippen LogP contribution in [-0.2, 0) is 9.53 Å². The van der Waals surface area contributed by atoms with E-state index in [1.807, 2.05) is 6.07 Å². The largest absolute Gasteiger partial charge is 0.465 e. The predicted molar refractivity (Wildman–Crippen MR) is 92.3 cm³/mol. The lowest BCUT2D eigenvalue weighted by Gasteiger charge is -2.07. The zero-order valence-corrected chi connectivity index (χ0v) is 14.0. The van der Waals surface area contributed by atoms with Crippen molar-refractivity contribution in [2.45, 2.75) is 12.8 Å². The number of esters is 1. The maximum absolute atomic E-state index is 11.9. The van der Waals surface area contributed by atoms with Gasteiger partial charge in [-0.1, -0.05) is 18.2 Å². The molecule has 0 fully saturated rings. The van der Waals surface area contributed by atoms with Crippen LogP contribution >= 0.6 is 11.3 Å². The summed E-state index contributed by atoms with van der Waals surface area (Å²) < 4.78 is 4.66. The molecule has 0 radical (unpaired) electrons. The first-order valence-corrected chi connectivity index (χ1v) is 8.28. The van der Waals surface area contributed by atoms with Gasteiger partial charge in [0.05, 0.1) is 12.8 Å². The molecule has 2 rings (SSSR count). The van der Waals surface area contributed by atoms with Crippen molar-refractivity contribution < 1.29 is 19.1 Å². The molecule has 0 saturated heterocycles. The molecule has 0 atom stereocenters. The number of hydrogen-bond acceptors (Lipinski definition) is 5. The molecule has 0 bridgehead atoms. The summed E-state index contributed by atoms with van der Waals surface area (Å²) in [4.78, 5) is 35.7. The number of carbonyl (C=O) groups excluding carboxylic acids is 3. The lowest BCUT2D eigenvalue weighted by molar-refractivity contribution is -0.116. The summed E-state index contributed by atoms with van der Waals surface area (Å²) in [6, 6.07) is 10.5. The molecule has 0 unspecified atom stereocenters. The molecule has 0 spiro atoms. The van der Waals surface area contributed by atoms with E-state index in [2.05, 4.69) is 15.4 Å². The van der Waals surface area contributed by atoms with Crippen LogP contribution in [0.15, 0.2) is 41.8 Å². The van der Waals surface area contributed by atoms with Crippen molar-refractivity contribution in [2.24, 2.45) is 0 Å². The van der Waals surface area contributed by atoms with Gasteiger partial charge in [0.1, 0.15) is 4.88 Å². The Balaban J connectivity index is 1.73. The molecule has 1 aromatic carbocycles. The lowest BCUT2D eigenvalue weighted by Crippen LogP contribution is -2.25. The highest BCUT2D eigenvalue weighted by Crippen LogP contribution is 2.23. The standard InChI is InChI=1S/C17H18N2O4S/c1-23-17(22)15-13(9-11-24-15)19-14(20)8-5-10-18-16(21)12-6-3-2-4-7-12/h2-4,6-7,9,11H,5,8,10H2,1H3,(H,18,21)(H,19,20). The molecule has 6 nitrogen and oxygen atoms in total. The van der Waals surface area contributed by atoms with Gasteiger partial charge in [-0.05, 0) is 30.0 Å². The minimum Gasteiger partial charge on any atom is -0.465 e. The monoisotopic (exact) mass is 346 g/mol. The summed E-state index contributed by atoms with van der Waals surface area (Å²) in [5.41, 5.74) is 1.04. The molecule has 2 amide bonds. The number of hydrogen-bond donors (Lipinski definition) is 2. The molecule has 1 aromatic heterocycles. The van der Waals surface area contributed by atoms with Crippen molar-refractivity contribution in [3.05, 3.63) is 52.2 Å². The van der Waals surface area contributed by atoms with E-state index < -0.39 is 5.97 Å². The van der Waals surface area contributed by atoms with Crippen LogP contribution in [0.25, 0.3) is 0 Å².